The summed E-state index contributed by atoms with van der Waals surface area (Å²) < 4.78 is 6.05. The number of benzene rings is 2. The van der Waals surface area contributed by atoms with Gasteiger partial charge in [0.1, 0.15) is 11.5 Å². The molecule has 0 bridgehead atoms. The fourth-order valence-corrected chi connectivity index (χ4v) is 5.14. The summed E-state index contributed by atoms with van der Waals surface area (Å²) >= 11 is 0. The molecule has 3 aliphatic rings. The molecule has 6 nitrogen and oxygen atoms in total. The summed E-state index contributed by atoms with van der Waals surface area (Å²) in [5.74, 6) is 2.26. The molecule has 1 heterocycles. The van der Waals surface area contributed by atoms with E-state index in [2.05, 4.69) is 17.1 Å². The van der Waals surface area contributed by atoms with Crippen LogP contribution in [0.5, 0.6) is 5.75 Å². The first-order valence-corrected chi connectivity index (χ1v) is 12.7. The molecule has 1 saturated carbocycles. The normalized spacial score (nSPS) is 17.9. The molecule has 0 unspecified atom stereocenters. The fraction of sp³-hybridized carbons (Fsp3) is 0.379. The molecule has 2 aromatic rings. The van der Waals surface area contributed by atoms with E-state index in [4.69, 9.17) is 10.5 Å². The van der Waals surface area contributed by atoms with Gasteiger partial charge < -0.3 is 20.3 Å². The van der Waals surface area contributed by atoms with Crippen molar-refractivity contribution in [3.8, 4) is 5.75 Å². The molecule has 0 radical (unpaired) electrons. The zero-order valence-corrected chi connectivity index (χ0v) is 20.5. The van der Waals surface area contributed by atoms with Gasteiger partial charge in [-0.15, -0.1) is 0 Å². The number of fused-ring (bicyclic) bond motifs is 1. The molecule has 1 fully saturated rings. The zero-order valence-electron chi connectivity index (χ0n) is 20.5. The van der Waals surface area contributed by atoms with Crippen LogP contribution in [0.25, 0.3) is 0 Å². The molecule has 5 rings (SSSR count). The van der Waals surface area contributed by atoms with Gasteiger partial charge in [-0.2, -0.15) is 0 Å². The molecule has 2 aliphatic carbocycles. The summed E-state index contributed by atoms with van der Waals surface area (Å²) in [7, 11) is 1.94. The third-order valence-electron chi connectivity index (χ3n) is 7.16. The number of amides is 1. The van der Waals surface area contributed by atoms with Crippen LogP contribution in [0.3, 0.4) is 0 Å². The highest BCUT2D eigenvalue weighted by atomic mass is 16.5. The molecular weight excluding hydrogens is 436 g/mol. The van der Waals surface area contributed by atoms with Crippen molar-refractivity contribution >= 4 is 17.6 Å². The van der Waals surface area contributed by atoms with Crippen LogP contribution < -0.4 is 10.5 Å². The first kappa shape index (κ1) is 23.2. The van der Waals surface area contributed by atoms with Crippen molar-refractivity contribution in [1.29, 1.82) is 0 Å². The number of hydrogen-bond acceptors (Lipinski definition) is 5. The summed E-state index contributed by atoms with van der Waals surface area (Å²) in [6, 6.07) is 14.2. The summed E-state index contributed by atoms with van der Waals surface area (Å²) in [6.45, 7) is 1.22. The van der Waals surface area contributed by atoms with E-state index in [1.807, 2.05) is 65.4 Å². The van der Waals surface area contributed by atoms with Gasteiger partial charge in [0, 0.05) is 37.3 Å². The molecule has 0 saturated heterocycles. The van der Waals surface area contributed by atoms with Crippen LogP contribution in [0.2, 0.25) is 0 Å². The maximum atomic E-state index is 13.2. The van der Waals surface area contributed by atoms with Crippen molar-refractivity contribution in [2.75, 3.05) is 7.05 Å². The highest BCUT2D eigenvalue weighted by Gasteiger charge is 2.24. The van der Waals surface area contributed by atoms with Gasteiger partial charge in [0.15, 0.2) is 5.96 Å². The first-order valence-electron chi connectivity index (χ1n) is 12.7. The predicted molar refractivity (Wildman–Crippen MR) is 139 cm³/mol. The van der Waals surface area contributed by atoms with Gasteiger partial charge in [0.25, 0.3) is 5.91 Å². The second kappa shape index (κ2) is 10.4. The average molecular weight is 471 g/mol. The number of aliphatic imine (C=N–C) groups is 1. The second-order valence-corrected chi connectivity index (χ2v) is 9.71. The van der Waals surface area contributed by atoms with E-state index in [1.54, 1.807) is 0 Å². The summed E-state index contributed by atoms with van der Waals surface area (Å²) in [5, 5.41) is 0. The first-order chi connectivity index (χ1) is 17.1. The Morgan fingerprint density at radius 3 is 2.80 bits per heavy atom. The second-order valence-electron chi connectivity index (χ2n) is 9.71. The Morgan fingerprint density at radius 2 is 2.00 bits per heavy atom. The topological polar surface area (TPSA) is 71.2 Å². The van der Waals surface area contributed by atoms with Gasteiger partial charge in [0.2, 0.25) is 0 Å². The van der Waals surface area contributed by atoms with E-state index in [9.17, 15) is 4.79 Å². The molecule has 35 heavy (non-hydrogen) atoms. The smallest absolute Gasteiger partial charge is 0.253 e. The van der Waals surface area contributed by atoms with Crippen LogP contribution >= 0.6 is 0 Å². The lowest BCUT2D eigenvalue weighted by atomic mass is 9.94. The SMILES string of the molecule is CN(C(=O)c1cccc(CN2Cc3cc(OC4=CCCC=C4)ccc3N=C2N)c1)C1CCCCC1. The molecule has 182 valence electrons. The molecule has 0 atom stereocenters. The molecule has 0 aromatic heterocycles. The predicted octanol–water partition coefficient (Wildman–Crippen LogP) is 5.67. The van der Waals surface area contributed by atoms with Gasteiger partial charge in [-0.25, -0.2) is 4.99 Å². The summed E-state index contributed by atoms with van der Waals surface area (Å²) in [4.78, 5) is 21.8. The Kier molecular flexibility index (Phi) is 6.89. The van der Waals surface area contributed by atoms with Crippen molar-refractivity contribution in [1.82, 2.24) is 9.80 Å². The van der Waals surface area contributed by atoms with Crippen molar-refractivity contribution < 1.29 is 9.53 Å². The minimum absolute atomic E-state index is 0.0947. The third kappa shape index (κ3) is 5.42. The standard InChI is InChI=1S/C29H34N4O2/c1-32(24-11-4-2-5-12-24)28(34)22-10-8-9-21(17-22)19-33-20-23-18-26(15-16-27(23)31-29(33)30)35-25-13-6-3-7-14-25/h6,8-10,13-18,24H,2-5,7,11-12,19-20H2,1H3,(H2,30,31). The Morgan fingerprint density at radius 1 is 1.14 bits per heavy atom. The van der Waals surface area contributed by atoms with Gasteiger partial charge in [-0.05, 0) is 73.7 Å². The number of carbonyl (C=O) groups is 1. The van der Waals surface area contributed by atoms with E-state index >= 15 is 0 Å². The number of allylic oxidation sites excluding steroid dienone is 3. The molecule has 6 heteroatoms. The van der Waals surface area contributed by atoms with Crippen LogP contribution in [-0.4, -0.2) is 34.8 Å². The Hall–Kier alpha value is -3.54. The number of nitrogens with zero attached hydrogens (tertiary/aromatic N) is 3. The van der Waals surface area contributed by atoms with Crippen LogP contribution in [-0.2, 0) is 13.1 Å². The fourth-order valence-electron chi connectivity index (χ4n) is 5.14. The van der Waals surface area contributed by atoms with Crippen molar-refractivity contribution in [3.05, 3.63) is 83.1 Å². The van der Waals surface area contributed by atoms with E-state index in [0.717, 1.165) is 59.6 Å². The molecule has 2 aromatic carbocycles. The van der Waals surface area contributed by atoms with E-state index < -0.39 is 0 Å². The Labute approximate surface area is 207 Å². The number of hydrogen-bond donors (Lipinski definition) is 1. The Bertz CT molecular complexity index is 1180. The van der Waals surface area contributed by atoms with Crippen LogP contribution in [0.4, 0.5) is 5.69 Å². The van der Waals surface area contributed by atoms with Crippen LogP contribution in [0.15, 0.2) is 71.4 Å². The minimum atomic E-state index is 0.0947. The molecular formula is C29H34N4O2. The number of guanidine groups is 1. The quantitative estimate of drug-likeness (QED) is 0.591. The van der Waals surface area contributed by atoms with Gasteiger partial charge in [0.05, 0.1) is 5.69 Å². The lowest BCUT2D eigenvalue weighted by molar-refractivity contribution is 0.0696. The van der Waals surface area contributed by atoms with Gasteiger partial charge >= 0.3 is 0 Å². The highest BCUT2D eigenvalue weighted by molar-refractivity contribution is 5.94. The number of carbonyl (C=O) groups excluding carboxylic acids is 1. The van der Waals surface area contributed by atoms with Crippen LogP contribution in [0.1, 0.15) is 66.4 Å². The monoisotopic (exact) mass is 470 g/mol. The lowest BCUT2D eigenvalue weighted by Gasteiger charge is -2.31. The maximum Gasteiger partial charge on any atom is 0.253 e. The van der Waals surface area contributed by atoms with Crippen LogP contribution in [0, 0.1) is 0 Å². The number of nitrogens with two attached hydrogens (primary N) is 1. The zero-order chi connectivity index (χ0) is 24.2. The Balaban J connectivity index is 1.28. The number of ether oxygens (including phenoxy) is 1. The largest absolute Gasteiger partial charge is 0.458 e. The van der Waals surface area contributed by atoms with Gasteiger partial charge in [-0.1, -0.05) is 37.5 Å². The minimum Gasteiger partial charge on any atom is -0.458 e. The summed E-state index contributed by atoms with van der Waals surface area (Å²) in [6.07, 6.45) is 14.2. The van der Waals surface area contributed by atoms with Gasteiger partial charge in [-0.3, -0.25) is 4.79 Å². The van der Waals surface area contributed by atoms with E-state index in [0.29, 0.717) is 25.1 Å². The molecule has 2 N–H and O–H groups in total. The molecule has 0 spiro atoms. The molecule has 1 aliphatic heterocycles. The third-order valence-corrected chi connectivity index (χ3v) is 7.16. The van der Waals surface area contributed by atoms with Crippen molar-refractivity contribution in [2.45, 2.75) is 64.1 Å². The summed E-state index contributed by atoms with van der Waals surface area (Å²) in [5.41, 5.74) is 10.0. The van der Waals surface area contributed by atoms with E-state index in [-0.39, 0.29) is 5.91 Å². The van der Waals surface area contributed by atoms with Crippen molar-refractivity contribution in [2.24, 2.45) is 10.7 Å². The maximum absolute atomic E-state index is 13.2. The average Bonchev–Trinajstić information content (AvgIpc) is 2.90. The van der Waals surface area contributed by atoms with E-state index in [1.165, 1.54) is 19.3 Å². The molecule has 1 amide bonds. The highest BCUT2D eigenvalue weighted by Crippen LogP contribution is 2.31. The van der Waals surface area contributed by atoms with Crippen molar-refractivity contribution in [3.63, 3.8) is 0 Å². The number of rotatable bonds is 6. The lowest BCUT2D eigenvalue weighted by Crippen LogP contribution is -2.39.